The molecule has 4 rings (SSSR count). The number of anilines is 2. The quantitative estimate of drug-likeness (QED) is 0.435. The molecule has 0 saturated heterocycles. The Bertz CT molecular complexity index is 885. The maximum Gasteiger partial charge on any atom is 0.0487 e. The number of rotatable bonds is 4. The van der Waals surface area contributed by atoms with Crippen molar-refractivity contribution in [2.45, 2.75) is 6.54 Å². The third kappa shape index (κ3) is 2.89. The molecule has 0 aliphatic rings. The first-order chi connectivity index (χ1) is 11.9. The Labute approximate surface area is 142 Å². The van der Waals surface area contributed by atoms with Crippen LogP contribution in [-0.2, 0) is 6.54 Å². The molecular weight excluding hydrogens is 290 g/mol. The van der Waals surface area contributed by atoms with Crippen LogP contribution in [0.1, 0.15) is 5.56 Å². The monoisotopic (exact) mass is 309 g/mol. The molecule has 0 radical (unpaired) electrons. The van der Waals surface area contributed by atoms with E-state index >= 15 is 0 Å². The van der Waals surface area contributed by atoms with Gasteiger partial charge < -0.3 is 4.90 Å². The summed E-state index contributed by atoms with van der Waals surface area (Å²) in [6.07, 6.45) is 0. The largest absolute Gasteiger partial charge is 0.337 e. The number of nitrogens with zero attached hydrogens (tertiary/aromatic N) is 1. The standard InChI is InChI=1S/C23H19N/c1-3-13-21(14-4-1)24(22-15-5-2-6-16-22)18-20-12-9-11-19-10-7-8-17-23(19)20/h1-17H,18H2. The maximum absolute atomic E-state index is 2.36. The van der Waals surface area contributed by atoms with E-state index in [0.29, 0.717) is 0 Å². The average molecular weight is 309 g/mol. The second-order valence-electron chi connectivity index (χ2n) is 5.90. The van der Waals surface area contributed by atoms with E-state index in [1.165, 1.54) is 27.7 Å². The van der Waals surface area contributed by atoms with E-state index in [4.69, 9.17) is 0 Å². The molecule has 0 unspecified atom stereocenters. The summed E-state index contributed by atoms with van der Waals surface area (Å²) in [5.41, 5.74) is 3.74. The lowest BCUT2D eigenvalue weighted by atomic mass is 10.0. The van der Waals surface area contributed by atoms with E-state index < -0.39 is 0 Å². The first-order valence-corrected chi connectivity index (χ1v) is 8.26. The molecule has 0 N–H and O–H groups in total. The van der Waals surface area contributed by atoms with Gasteiger partial charge in [-0.25, -0.2) is 0 Å². The topological polar surface area (TPSA) is 3.24 Å². The van der Waals surface area contributed by atoms with Crippen molar-refractivity contribution in [3.63, 3.8) is 0 Å². The van der Waals surface area contributed by atoms with Crippen LogP contribution >= 0.6 is 0 Å². The number of hydrogen-bond acceptors (Lipinski definition) is 1. The Hall–Kier alpha value is -3.06. The van der Waals surface area contributed by atoms with Gasteiger partial charge in [0.05, 0.1) is 0 Å². The molecule has 0 saturated carbocycles. The van der Waals surface area contributed by atoms with Gasteiger partial charge in [-0.3, -0.25) is 0 Å². The number of para-hydroxylation sites is 2. The Kier molecular flexibility index (Phi) is 3.99. The molecule has 0 amide bonds. The lowest BCUT2D eigenvalue weighted by Crippen LogP contribution is -2.16. The fourth-order valence-corrected chi connectivity index (χ4v) is 3.15. The van der Waals surface area contributed by atoms with Crippen LogP contribution in [0.15, 0.2) is 103 Å². The second kappa shape index (κ2) is 6.59. The van der Waals surface area contributed by atoms with Crippen LogP contribution in [0.2, 0.25) is 0 Å². The highest BCUT2D eigenvalue weighted by Crippen LogP contribution is 2.29. The highest BCUT2D eigenvalue weighted by Gasteiger charge is 2.11. The van der Waals surface area contributed by atoms with E-state index in [9.17, 15) is 0 Å². The van der Waals surface area contributed by atoms with Crippen LogP contribution < -0.4 is 4.90 Å². The van der Waals surface area contributed by atoms with Crippen molar-refractivity contribution >= 4 is 22.1 Å². The zero-order valence-corrected chi connectivity index (χ0v) is 13.5. The molecule has 4 aromatic carbocycles. The molecule has 4 aromatic rings. The SMILES string of the molecule is c1ccc(N(Cc2cccc3ccccc23)c2ccccc2)cc1. The van der Waals surface area contributed by atoms with Crippen molar-refractivity contribution in [2.24, 2.45) is 0 Å². The Balaban J connectivity index is 1.80. The summed E-state index contributed by atoms with van der Waals surface area (Å²) in [4.78, 5) is 2.36. The van der Waals surface area contributed by atoms with Crippen molar-refractivity contribution < 1.29 is 0 Å². The third-order valence-corrected chi connectivity index (χ3v) is 4.34. The minimum atomic E-state index is 0.843. The molecule has 0 fully saturated rings. The molecule has 0 aliphatic carbocycles. The molecule has 24 heavy (non-hydrogen) atoms. The normalized spacial score (nSPS) is 10.7. The van der Waals surface area contributed by atoms with Crippen LogP contribution in [0.25, 0.3) is 10.8 Å². The van der Waals surface area contributed by atoms with Gasteiger partial charge in [0.2, 0.25) is 0 Å². The molecule has 0 atom stereocenters. The number of fused-ring (bicyclic) bond motifs is 1. The third-order valence-electron chi connectivity index (χ3n) is 4.34. The van der Waals surface area contributed by atoms with Crippen LogP contribution in [0.4, 0.5) is 11.4 Å². The van der Waals surface area contributed by atoms with Gasteiger partial charge in [0.15, 0.2) is 0 Å². The molecule has 1 heteroatoms. The number of benzene rings is 4. The smallest absolute Gasteiger partial charge is 0.0487 e. The highest BCUT2D eigenvalue weighted by atomic mass is 15.1. The van der Waals surface area contributed by atoms with Gasteiger partial charge in [0.25, 0.3) is 0 Å². The molecule has 0 spiro atoms. The maximum atomic E-state index is 2.36. The van der Waals surface area contributed by atoms with Gasteiger partial charge in [-0.15, -0.1) is 0 Å². The summed E-state index contributed by atoms with van der Waals surface area (Å²) >= 11 is 0. The minimum Gasteiger partial charge on any atom is -0.337 e. The predicted molar refractivity (Wildman–Crippen MR) is 103 cm³/mol. The van der Waals surface area contributed by atoms with Crippen LogP contribution in [0.3, 0.4) is 0 Å². The van der Waals surface area contributed by atoms with Crippen molar-refractivity contribution in [1.82, 2.24) is 0 Å². The molecular formula is C23H19N. The first kappa shape index (κ1) is 14.5. The van der Waals surface area contributed by atoms with Gasteiger partial charge in [-0.05, 0) is 40.6 Å². The van der Waals surface area contributed by atoms with E-state index in [1.807, 2.05) is 0 Å². The predicted octanol–water partition coefficient (Wildman–Crippen LogP) is 6.18. The first-order valence-electron chi connectivity index (χ1n) is 8.26. The minimum absolute atomic E-state index is 0.843. The van der Waals surface area contributed by atoms with E-state index in [2.05, 4.69) is 108 Å². The average Bonchev–Trinajstić information content (AvgIpc) is 2.67. The van der Waals surface area contributed by atoms with Crippen molar-refractivity contribution in [1.29, 1.82) is 0 Å². The summed E-state index contributed by atoms with van der Waals surface area (Å²) in [6, 6.07) is 36.3. The number of hydrogen-bond donors (Lipinski definition) is 0. The lowest BCUT2D eigenvalue weighted by molar-refractivity contribution is 0.984. The summed E-state index contributed by atoms with van der Waals surface area (Å²) in [5.74, 6) is 0. The van der Waals surface area contributed by atoms with E-state index in [-0.39, 0.29) is 0 Å². The van der Waals surface area contributed by atoms with Crippen LogP contribution in [0.5, 0.6) is 0 Å². The van der Waals surface area contributed by atoms with Crippen molar-refractivity contribution in [2.75, 3.05) is 4.90 Å². The van der Waals surface area contributed by atoms with E-state index in [0.717, 1.165) is 6.54 Å². The zero-order valence-electron chi connectivity index (χ0n) is 13.5. The Morgan fingerprint density at radius 3 is 1.71 bits per heavy atom. The Morgan fingerprint density at radius 1 is 0.500 bits per heavy atom. The van der Waals surface area contributed by atoms with Crippen LogP contribution in [0, 0.1) is 0 Å². The molecule has 1 nitrogen and oxygen atoms in total. The van der Waals surface area contributed by atoms with Gasteiger partial charge in [-0.1, -0.05) is 78.9 Å². The lowest BCUT2D eigenvalue weighted by Gasteiger charge is -2.26. The van der Waals surface area contributed by atoms with Crippen molar-refractivity contribution in [3.05, 3.63) is 109 Å². The summed E-state index contributed by atoms with van der Waals surface area (Å²) < 4.78 is 0. The fraction of sp³-hybridized carbons (Fsp3) is 0.0435. The highest BCUT2D eigenvalue weighted by molar-refractivity contribution is 5.86. The van der Waals surface area contributed by atoms with E-state index in [1.54, 1.807) is 0 Å². The zero-order chi connectivity index (χ0) is 16.2. The van der Waals surface area contributed by atoms with Gasteiger partial charge in [-0.2, -0.15) is 0 Å². The molecule has 0 aromatic heterocycles. The van der Waals surface area contributed by atoms with Crippen molar-refractivity contribution in [3.8, 4) is 0 Å². The molecule has 0 bridgehead atoms. The molecule has 0 heterocycles. The second-order valence-corrected chi connectivity index (χ2v) is 5.90. The molecule has 116 valence electrons. The fourth-order valence-electron chi connectivity index (χ4n) is 3.15. The van der Waals surface area contributed by atoms with Crippen LogP contribution in [-0.4, -0.2) is 0 Å². The van der Waals surface area contributed by atoms with Gasteiger partial charge in [0.1, 0.15) is 0 Å². The Morgan fingerprint density at radius 2 is 1.04 bits per heavy atom. The summed E-state index contributed by atoms with van der Waals surface area (Å²) in [7, 11) is 0. The molecule has 0 aliphatic heterocycles. The summed E-state index contributed by atoms with van der Waals surface area (Å²) in [6.45, 7) is 0.843. The van der Waals surface area contributed by atoms with Gasteiger partial charge in [0, 0.05) is 17.9 Å². The summed E-state index contributed by atoms with van der Waals surface area (Å²) in [5, 5.41) is 2.60. The van der Waals surface area contributed by atoms with Gasteiger partial charge >= 0.3 is 0 Å².